The molecule has 1 N–H and O–H groups in total. The Morgan fingerprint density at radius 3 is 2.53 bits per heavy atom. The first-order valence-corrected chi connectivity index (χ1v) is 15.2. The van der Waals surface area contributed by atoms with E-state index in [4.69, 9.17) is 4.43 Å². The number of para-hydroxylation sites is 1. The normalized spacial score (nSPS) is 35.1. The highest BCUT2D eigenvalue weighted by Crippen LogP contribution is 2.64. The van der Waals surface area contributed by atoms with E-state index in [9.17, 15) is 0 Å². The molecule has 0 bridgehead atoms. The minimum atomic E-state index is -1.75. The maximum absolute atomic E-state index is 6.73. The number of piperidine rings is 1. The smallest absolute Gasteiger partial charge is 0.192 e. The van der Waals surface area contributed by atoms with Gasteiger partial charge in [-0.1, -0.05) is 69.3 Å². The van der Waals surface area contributed by atoms with E-state index in [0.29, 0.717) is 24.3 Å². The molecule has 6 rings (SSSR count). The van der Waals surface area contributed by atoms with E-state index in [-0.39, 0.29) is 10.5 Å². The molecule has 2 aromatic rings. The van der Waals surface area contributed by atoms with Crippen molar-refractivity contribution in [1.82, 2.24) is 9.80 Å². The highest BCUT2D eigenvalue weighted by Gasteiger charge is 2.76. The van der Waals surface area contributed by atoms with Crippen molar-refractivity contribution in [2.75, 3.05) is 18.5 Å². The molecule has 0 radical (unpaired) electrons. The molecule has 4 heterocycles. The van der Waals surface area contributed by atoms with Crippen molar-refractivity contribution in [2.45, 2.75) is 81.6 Å². The Balaban J connectivity index is 1.30. The molecule has 4 nitrogen and oxygen atoms in total. The average Bonchev–Trinajstić information content (AvgIpc) is 3.02. The standard InChI is InChI=1S/C27H37N3OSi/c1-26(2,3)32(4,5)31-18-22-23-24-27(15-16-29(24)17-19-11-7-6-8-12-19)20-13-9-10-14-21(20)28-25(27)30(22)23/h6-14,22-25,28H,15-18H2,1-5H3/t22?,23-,24+,25+,27-,30-/m1/s1. The quantitative estimate of drug-likeness (QED) is 0.513. The zero-order chi connectivity index (χ0) is 22.3. The predicted molar refractivity (Wildman–Crippen MR) is 133 cm³/mol. The summed E-state index contributed by atoms with van der Waals surface area (Å²) >= 11 is 0. The first kappa shape index (κ1) is 20.9. The zero-order valence-corrected chi connectivity index (χ0v) is 21.1. The van der Waals surface area contributed by atoms with Crippen LogP contribution in [0.25, 0.3) is 0 Å². The van der Waals surface area contributed by atoms with Gasteiger partial charge >= 0.3 is 0 Å². The fourth-order valence-electron chi connectivity index (χ4n) is 6.58. The topological polar surface area (TPSA) is 27.5 Å². The predicted octanol–water partition coefficient (Wildman–Crippen LogP) is 5.04. The highest BCUT2D eigenvalue weighted by atomic mass is 28.4. The fraction of sp³-hybridized carbons (Fsp3) is 0.556. The van der Waals surface area contributed by atoms with Crippen LogP contribution in [0.15, 0.2) is 54.6 Å². The third-order valence-corrected chi connectivity index (χ3v) is 13.7. The summed E-state index contributed by atoms with van der Waals surface area (Å²) in [5.41, 5.74) is 4.53. The zero-order valence-electron chi connectivity index (χ0n) is 20.1. The van der Waals surface area contributed by atoms with Crippen LogP contribution in [0.3, 0.4) is 0 Å². The lowest BCUT2D eigenvalue weighted by Gasteiger charge is -2.38. The highest BCUT2D eigenvalue weighted by molar-refractivity contribution is 6.74. The summed E-state index contributed by atoms with van der Waals surface area (Å²) in [5, 5.41) is 4.20. The van der Waals surface area contributed by atoms with E-state index in [1.54, 1.807) is 5.56 Å². The Kier molecular flexibility index (Phi) is 4.52. The van der Waals surface area contributed by atoms with Crippen LogP contribution < -0.4 is 5.32 Å². The Morgan fingerprint density at radius 2 is 1.78 bits per heavy atom. The first-order chi connectivity index (χ1) is 15.2. The molecule has 0 saturated carbocycles. The molecular weight excluding hydrogens is 410 g/mol. The number of nitrogens with one attached hydrogen (secondary N) is 1. The molecule has 0 aliphatic carbocycles. The van der Waals surface area contributed by atoms with Gasteiger partial charge in [0, 0.05) is 29.7 Å². The van der Waals surface area contributed by atoms with Gasteiger partial charge in [-0.15, -0.1) is 0 Å². The second-order valence-corrected chi connectivity index (χ2v) is 16.7. The van der Waals surface area contributed by atoms with Crippen molar-refractivity contribution < 1.29 is 4.43 Å². The van der Waals surface area contributed by atoms with Gasteiger partial charge in [0.2, 0.25) is 0 Å². The number of hydrogen-bond acceptors (Lipinski definition) is 4. The summed E-state index contributed by atoms with van der Waals surface area (Å²) in [5.74, 6) is 0. The van der Waals surface area contributed by atoms with Crippen LogP contribution in [0.5, 0.6) is 0 Å². The second-order valence-electron chi connectivity index (χ2n) is 11.9. The molecule has 4 aliphatic rings. The molecule has 32 heavy (non-hydrogen) atoms. The van der Waals surface area contributed by atoms with Crippen LogP contribution >= 0.6 is 0 Å². The summed E-state index contributed by atoms with van der Waals surface area (Å²) in [6, 6.07) is 21.8. The van der Waals surface area contributed by atoms with E-state index < -0.39 is 8.32 Å². The third kappa shape index (κ3) is 2.84. The van der Waals surface area contributed by atoms with Crippen molar-refractivity contribution in [3.63, 3.8) is 0 Å². The average molecular weight is 448 g/mol. The summed E-state index contributed by atoms with van der Waals surface area (Å²) in [6.07, 6.45) is 1.64. The van der Waals surface area contributed by atoms with Gasteiger partial charge in [-0.3, -0.25) is 9.80 Å². The minimum absolute atomic E-state index is 0.212. The van der Waals surface area contributed by atoms with Crippen LogP contribution in [0.2, 0.25) is 18.1 Å². The number of anilines is 1. The lowest BCUT2D eigenvalue weighted by Crippen LogP contribution is -2.51. The van der Waals surface area contributed by atoms with Gasteiger partial charge in [0.1, 0.15) is 0 Å². The van der Waals surface area contributed by atoms with Crippen molar-refractivity contribution in [2.24, 2.45) is 0 Å². The molecule has 4 aliphatic heterocycles. The van der Waals surface area contributed by atoms with E-state index in [0.717, 1.165) is 13.2 Å². The fourth-order valence-corrected chi connectivity index (χ4v) is 7.60. The van der Waals surface area contributed by atoms with Gasteiger partial charge in [-0.25, -0.2) is 0 Å². The van der Waals surface area contributed by atoms with Crippen molar-refractivity contribution in [3.05, 3.63) is 65.7 Å². The SMILES string of the molecule is CC(C)(C)[Si](C)(C)OCC1[C@@H]2[C@@H]3N(Cc4ccccc4)CC[C@@]34c3ccccc3N[C@H]4[N@]12. The molecule has 5 heteroatoms. The maximum atomic E-state index is 6.73. The molecule has 3 saturated heterocycles. The lowest BCUT2D eigenvalue weighted by molar-refractivity contribution is 0.188. The number of likely N-dealkylation sites (tertiary alicyclic amines) is 1. The molecule has 0 aromatic heterocycles. The Morgan fingerprint density at radius 1 is 1.06 bits per heavy atom. The monoisotopic (exact) mass is 447 g/mol. The van der Waals surface area contributed by atoms with Gasteiger partial charge in [0.15, 0.2) is 8.32 Å². The van der Waals surface area contributed by atoms with Gasteiger partial charge in [-0.2, -0.15) is 0 Å². The Labute approximate surface area is 194 Å². The van der Waals surface area contributed by atoms with Crippen LogP contribution in [-0.2, 0) is 16.4 Å². The second kappa shape index (κ2) is 6.92. The summed E-state index contributed by atoms with van der Waals surface area (Å²) in [6.45, 7) is 14.9. The Hall–Kier alpha value is -1.66. The molecule has 6 atom stereocenters. The summed E-state index contributed by atoms with van der Waals surface area (Å²) in [7, 11) is -1.75. The van der Waals surface area contributed by atoms with Crippen LogP contribution in [0.1, 0.15) is 38.3 Å². The van der Waals surface area contributed by atoms with Crippen molar-refractivity contribution in [3.8, 4) is 0 Å². The maximum Gasteiger partial charge on any atom is 0.192 e. The molecule has 1 unspecified atom stereocenters. The molecule has 0 amide bonds. The molecule has 170 valence electrons. The minimum Gasteiger partial charge on any atom is -0.415 e. The first-order valence-electron chi connectivity index (χ1n) is 12.3. The van der Waals surface area contributed by atoms with Gasteiger partial charge in [0.05, 0.1) is 18.8 Å². The number of rotatable bonds is 5. The molecule has 1 spiro atoms. The Bertz CT molecular complexity index is 1020. The summed E-state index contributed by atoms with van der Waals surface area (Å²) < 4.78 is 6.73. The summed E-state index contributed by atoms with van der Waals surface area (Å²) in [4.78, 5) is 5.54. The van der Waals surface area contributed by atoms with Crippen molar-refractivity contribution in [1.29, 1.82) is 0 Å². The molecular formula is C27H37N3OSi. The van der Waals surface area contributed by atoms with Gasteiger partial charge in [0.25, 0.3) is 0 Å². The third-order valence-electron chi connectivity index (χ3n) is 9.25. The largest absolute Gasteiger partial charge is 0.415 e. The van der Waals surface area contributed by atoms with Crippen LogP contribution in [0.4, 0.5) is 5.69 Å². The van der Waals surface area contributed by atoms with Crippen LogP contribution in [-0.4, -0.2) is 55.6 Å². The van der Waals surface area contributed by atoms with E-state index in [2.05, 4.69) is 104 Å². The number of hydrogen-bond donors (Lipinski definition) is 1. The van der Waals surface area contributed by atoms with Gasteiger partial charge in [-0.05, 0) is 48.3 Å². The van der Waals surface area contributed by atoms with Gasteiger partial charge < -0.3 is 9.74 Å². The number of nitrogens with zero attached hydrogens (tertiary/aromatic N) is 2. The molecule has 2 aromatic carbocycles. The van der Waals surface area contributed by atoms with Crippen molar-refractivity contribution >= 4 is 14.0 Å². The van der Waals surface area contributed by atoms with E-state index in [1.165, 1.54) is 24.2 Å². The lowest BCUT2D eigenvalue weighted by atomic mass is 9.73. The van der Waals surface area contributed by atoms with E-state index >= 15 is 0 Å². The van der Waals surface area contributed by atoms with Crippen LogP contribution in [0, 0.1) is 0 Å². The molecule has 3 fully saturated rings. The van der Waals surface area contributed by atoms with E-state index in [1.807, 2.05) is 0 Å². The number of fused-ring (bicyclic) bond motifs is 4. The number of benzene rings is 2.